The number of aromatic nitrogens is 1. The van der Waals surface area contributed by atoms with Gasteiger partial charge in [-0.3, -0.25) is 4.79 Å². The number of rotatable bonds is 5. The number of esters is 1. The molecule has 5 nitrogen and oxygen atoms in total. The summed E-state index contributed by atoms with van der Waals surface area (Å²) in [6, 6.07) is 4.69. The second-order valence-corrected chi connectivity index (χ2v) is 4.34. The number of carbonyl (C=O) groups is 2. The van der Waals surface area contributed by atoms with Crippen LogP contribution in [0.2, 0.25) is 0 Å². The number of amides is 1. The summed E-state index contributed by atoms with van der Waals surface area (Å²) in [6.07, 6.45) is 0.905. The molecule has 0 radical (unpaired) electrons. The van der Waals surface area contributed by atoms with Crippen LogP contribution in [0.4, 0.5) is 0 Å². The van der Waals surface area contributed by atoms with Crippen LogP contribution in [0.1, 0.15) is 41.2 Å². The molecule has 0 aliphatic carbocycles. The van der Waals surface area contributed by atoms with E-state index in [9.17, 15) is 9.59 Å². The Kier molecular flexibility index (Phi) is 5.30. The third kappa shape index (κ3) is 4.16. The molecule has 18 heavy (non-hydrogen) atoms. The number of methoxy groups -OCH3 is 1. The third-order valence-electron chi connectivity index (χ3n) is 2.38. The first-order valence-electron chi connectivity index (χ1n) is 5.88. The van der Waals surface area contributed by atoms with Gasteiger partial charge >= 0.3 is 5.97 Å². The molecule has 1 aromatic rings. The van der Waals surface area contributed by atoms with Gasteiger partial charge in [0.1, 0.15) is 11.4 Å². The van der Waals surface area contributed by atoms with E-state index in [1.54, 1.807) is 12.1 Å². The van der Waals surface area contributed by atoms with Crippen molar-refractivity contribution in [2.24, 2.45) is 5.92 Å². The molecule has 1 rings (SSSR count). The van der Waals surface area contributed by atoms with E-state index in [0.717, 1.165) is 6.42 Å². The predicted octanol–water partition coefficient (Wildman–Crippen LogP) is 1.64. The fraction of sp³-hybridized carbons (Fsp3) is 0.462. The van der Waals surface area contributed by atoms with Crippen LogP contribution in [0.15, 0.2) is 18.2 Å². The van der Waals surface area contributed by atoms with E-state index < -0.39 is 5.97 Å². The first-order chi connectivity index (χ1) is 8.54. The molecule has 1 N–H and O–H groups in total. The highest BCUT2D eigenvalue weighted by Gasteiger charge is 2.11. The number of pyridine rings is 1. The molecule has 0 bridgehead atoms. The Labute approximate surface area is 107 Å². The van der Waals surface area contributed by atoms with Gasteiger partial charge in [0.2, 0.25) is 0 Å². The number of ether oxygens (including phenoxy) is 1. The average Bonchev–Trinajstić information content (AvgIpc) is 2.37. The summed E-state index contributed by atoms with van der Waals surface area (Å²) >= 11 is 0. The predicted molar refractivity (Wildman–Crippen MR) is 67.4 cm³/mol. The molecule has 0 aliphatic heterocycles. The van der Waals surface area contributed by atoms with Crippen LogP contribution in [-0.4, -0.2) is 30.5 Å². The van der Waals surface area contributed by atoms with Gasteiger partial charge in [-0.15, -0.1) is 0 Å². The van der Waals surface area contributed by atoms with Gasteiger partial charge in [-0.1, -0.05) is 19.9 Å². The van der Waals surface area contributed by atoms with Crippen LogP contribution in [0.25, 0.3) is 0 Å². The van der Waals surface area contributed by atoms with Gasteiger partial charge in [-0.05, 0) is 24.5 Å². The summed E-state index contributed by atoms with van der Waals surface area (Å²) in [5, 5.41) is 2.76. The first kappa shape index (κ1) is 14.2. The summed E-state index contributed by atoms with van der Waals surface area (Å²) in [5.74, 6) is -0.298. The lowest BCUT2D eigenvalue weighted by atomic mass is 10.1. The zero-order valence-electron chi connectivity index (χ0n) is 10.9. The number of nitrogens with one attached hydrogen (secondary N) is 1. The van der Waals surface area contributed by atoms with Gasteiger partial charge in [0.05, 0.1) is 7.11 Å². The molecule has 0 saturated heterocycles. The van der Waals surface area contributed by atoms with E-state index in [0.29, 0.717) is 12.5 Å². The summed E-state index contributed by atoms with van der Waals surface area (Å²) in [4.78, 5) is 27.0. The molecule has 0 atom stereocenters. The highest BCUT2D eigenvalue weighted by Crippen LogP contribution is 2.02. The zero-order chi connectivity index (χ0) is 13.5. The normalized spacial score (nSPS) is 10.2. The van der Waals surface area contributed by atoms with Gasteiger partial charge in [0.25, 0.3) is 5.91 Å². The Bertz CT molecular complexity index is 430. The highest BCUT2D eigenvalue weighted by atomic mass is 16.5. The smallest absolute Gasteiger partial charge is 0.356 e. The molecule has 1 aromatic heterocycles. The zero-order valence-corrected chi connectivity index (χ0v) is 10.9. The van der Waals surface area contributed by atoms with E-state index in [1.807, 2.05) is 0 Å². The van der Waals surface area contributed by atoms with Crippen molar-refractivity contribution in [2.45, 2.75) is 20.3 Å². The van der Waals surface area contributed by atoms with Crippen molar-refractivity contribution < 1.29 is 14.3 Å². The SMILES string of the molecule is COC(=O)c1cccc(C(=O)NCCC(C)C)n1. The van der Waals surface area contributed by atoms with Gasteiger partial charge in [-0.25, -0.2) is 9.78 Å². The van der Waals surface area contributed by atoms with E-state index in [1.165, 1.54) is 13.2 Å². The van der Waals surface area contributed by atoms with Crippen LogP contribution >= 0.6 is 0 Å². The molecule has 5 heteroatoms. The van der Waals surface area contributed by atoms with Crippen molar-refractivity contribution in [1.82, 2.24) is 10.3 Å². The molecule has 0 unspecified atom stereocenters. The van der Waals surface area contributed by atoms with Crippen LogP contribution in [-0.2, 0) is 4.74 Å². The minimum atomic E-state index is -0.549. The Morgan fingerprint density at radius 3 is 2.61 bits per heavy atom. The summed E-state index contributed by atoms with van der Waals surface area (Å²) in [7, 11) is 1.28. The standard InChI is InChI=1S/C13H18N2O3/c1-9(2)7-8-14-12(16)10-5-4-6-11(15-10)13(17)18-3/h4-6,9H,7-8H2,1-3H3,(H,14,16). The highest BCUT2D eigenvalue weighted by molar-refractivity contribution is 5.94. The van der Waals surface area contributed by atoms with E-state index in [4.69, 9.17) is 0 Å². The molecular formula is C13H18N2O3. The van der Waals surface area contributed by atoms with Crippen LogP contribution < -0.4 is 5.32 Å². The maximum absolute atomic E-state index is 11.8. The minimum Gasteiger partial charge on any atom is -0.464 e. The van der Waals surface area contributed by atoms with Gasteiger partial charge in [0.15, 0.2) is 0 Å². The van der Waals surface area contributed by atoms with E-state index in [-0.39, 0.29) is 17.3 Å². The van der Waals surface area contributed by atoms with Gasteiger partial charge < -0.3 is 10.1 Å². The summed E-state index contributed by atoms with van der Waals surface area (Å²) in [6.45, 7) is 4.77. The van der Waals surface area contributed by atoms with Crippen molar-refractivity contribution in [2.75, 3.05) is 13.7 Å². The Morgan fingerprint density at radius 1 is 1.33 bits per heavy atom. The topological polar surface area (TPSA) is 68.3 Å². The fourth-order valence-corrected chi connectivity index (χ4v) is 1.34. The molecule has 0 aliphatic rings. The Balaban J connectivity index is 2.65. The van der Waals surface area contributed by atoms with Gasteiger partial charge in [0, 0.05) is 6.54 Å². The fourth-order valence-electron chi connectivity index (χ4n) is 1.34. The van der Waals surface area contributed by atoms with E-state index >= 15 is 0 Å². The lowest BCUT2D eigenvalue weighted by Crippen LogP contribution is -2.26. The maximum Gasteiger partial charge on any atom is 0.356 e. The lowest BCUT2D eigenvalue weighted by Gasteiger charge is -2.07. The van der Waals surface area contributed by atoms with E-state index in [2.05, 4.69) is 28.9 Å². The van der Waals surface area contributed by atoms with Crippen LogP contribution in [0, 0.1) is 5.92 Å². The third-order valence-corrected chi connectivity index (χ3v) is 2.38. The molecule has 1 heterocycles. The van der Waals surface area contributed by atoms with Crippen molar-refractivity contribution in [3.05, 3.63) is 29.6 Å². The maximum atomic E-state index is 11.8. The van der Waals surface area contributed by atoms with Gasteiger partial charge in [-0.2, -0.15) is 0 Å². The molecule has 98 valence electrons. The quantitative estimate of drug-likeness (QED) is 0.807. The van der Waals surface area contributed by atoms with Crippen molar-refractivity contribution in [3.63, 3.8) is 0 Å². The monoisotopic (exact) mass is 250 g/mol. The summed E-state index contributed by atoms with van der Waals surface area (Å²) in [5.41, 5.74) is 0.357. The number of nitrogens with zero attached hydrogens (tertiary/aromatic N) is 1. The molecule has 0 aromatic carbocycles. The van der Waals surface area contributed by atoms with Crippen LogP contribution in [0.3, 0.4) is 0 Å². The molecule has 0 saturated carbocycles. The largest absolute Gasteiger partial charge is 0.464 e. The van der Waals surface area contributed by atoms with Crippen molar-refractivity contribution in [3.8, 4) is 0 Å². The van der Waals surface area contributed by atoms with Crippen molar-refractivity contribution >= 4 is 11.9 Å². The molecule has 0 spiro atoms. The second-order valence-electron chi connectivity index (χ2n) is 4.34. The molecular weight excluding hydrogens is 232 g/mol. The number of hydrogen-bond donors (Lipinski definition) is 1. The lowest BCUT2D eigenvalue weighted by molar-refractivity contribution is 0.0594. The molecule has 0 fully saturated rings. The van der Waals surface area contributed by atoms with Crippen molar-refractivity contribution in [1.29, 1.82) is 0 Å². The average molecular weight is 250 g/mol. The van der Waals surface area contributed by atoms with Crippen LogP contribution in [0.5, 0.6) is 0 Å². The first-order valence-corrected chi connectivity index (χ1v) is 5.88. The number of carbonyl (C=O) groups excluding carboxylic acids is 2. The Morgan fingerprint density at radius 2 is 2.00 bits per heavy atom. The number of hydrogen-bond acceptors (Lipinski definition) is 4. The molecule has 1 amide bonds. The summed E-state index contributed by atoms with van der Waals surface area (Å²) < 4.78 is 4.55. The second kappa shape index (κ2) is 6.74. The Hall–Kier alpha value is -1.91. The minimum absolute atomic E-state index is 0.133.